The molecule has 9 aromatic rings. The third-order valence-electron chi connectivity index (χ3n) is 9.90. The summed E-state index contributed by atoms with van der Waals surface area (Å²) in [5, 5.41) is 10.5. The first-order valence-electron chi connectivity index (χ1n) is 17.3. The van der Waals surface area contributed by atoms with Gasteiger partial charge in [0.2, 0.25) is 0 Å². The number of furan rings is 1. The second kappa shape index (κ2) is 12.0. The van der Waals surface area contributed by atoms with Crippen molar-refractivity contribution < 1.29 is 4.42 Å². The van der Waals surface area contributed by atoms with E-state index in [1.54, 1.807) is 0 Å². The lowest BCUT2D eigenvalue weighted by molar-refractivity contribution is 0.670. The zero-order valence-corrected chi connectivity index (χ0v) is 27.6. The first-order chi connectivity index (χ1) is 25.3. The summed E-state index contributed by atoms with van der Waals surface area (Å²) in [4.78, 5) is 10.5. The SMILES string of the molecule is c1ccc(-c2cccc3c2oc2cccc(-c4cc(C5=NC(c6ccccc6)NC(c6ccc7ccccc7c6)=N5)cc5ccccc45)c23)cc1. The van der Waals surface area contributed by atoms with Gasteiger partial charge in [0.25, 0.3) is 0 Å². The highest BCUT2D eigenvalue weighted by Crippen LogP contribution is 2.42. The molecule has 4 heteroatoms. The van der Waals surface area contributed by atoms with E-state index in [-0.39, 0.29) is 6.17 Å². The number of rotatable bonds is 5. The maximum atomic E-state index is 6.66. The molecule has 0 bridgehead atoms. The van der Waals surface area contributed by atoms with Crippen molar-refractivity contribution in [1.29, 1.82) is 0 Å². The van der Waals surface area contributed by atoms with E-state index in [4.69, 9.17) is 14.4 Å². The van der Waals surface area contributed by atoms with E-state index in [1.807, 2.05) is 12.1 Å². The van der Waals surface area contributed by atoms with Crippen LogP contribution in [0, 0.1) is 0 Å². The number of hydrogen-bond donors (Lipinski definition) is 1. The van der Waals surface area contributed by atoms with Gasteiger partial charge in [-0.05, 0) is 68.1 Å². The van der Waals surface area contributed by atoms with E-state index in [1.165, 1.54) is 10.8 Å². The van der Waals surface area contributed by atoms with Crippen LogP contribution in [-0.4, -0.2) is 11.7 Å². The van der Waals surface area contributed by atoms with Gasteiger partial charge in [-0.15, -0.1) is 0 Å². The average Bonchev–Trinajstić information content (AvgIpc) is 3.60. The highest BCUT2D eigenvalue weighted by atomic mass is 16.3. The molecular formula is C47H31N3O. The molecule has 1 N–H and O–H groups in total. The lowest BCUT2D eigenvalue weighted by atomic mass is 9.92. The van der Waals surface area contributed by atoms with Crippen LogP contribution in [0.4, 0.5) is 0 Å². The quantitative estimate of drug-likeness (QED) is 0.201. The molecule has 240 valence electrons. The second-order valence-corrected chi connectivity index (χ2v) is 13.0. The van der Waals surface area contributed by atoms with E-state index in [0.29, 0.717) is 5.84 Å². The Morgan fingerprint density at radius 3 is 2.02 bits per heavy atom. The minimum atomic E-state index is -0.298. The Bertz CT molecular complexity index is 2830. The first-order valence-corrected chi connectivity index (χ1v) is 17.3. The smallest absolute Gasteiger partial charge is 0.159 e. The van der Waals surface area contributed by atoms with Crippen LogP contribution in [0.5, 0.6) is 0 Å². The highest BCUT2D eigenvalue weighted by Gasteiger charge is 2.23. The Morgan fingerprint density at radius 2 is 1.16 bits per heavy atom. The van der Waals surface area contributed by atoms with Gasteiger partial charge in [0, 0.05) is 27.5 Å². The number of para-hydroxylation sites is 1. The average molecular weight is 654 g/mol. The number of nitrogens with one attached hydrogen (secondary N) is 1. The summed E-state index contributed by atoms with van der Waals surface area (Å²) < 4.78 is 6.66. The zero-order valence-electron chi connectivity index (χ0n) is 27.6. The summed E-state index contributed by atoms with van der Waals surface area (Å²) in [6, 6.07) is 61.6. The molecule has 0 saturated carbocycles. The fourth-order valence-electron chi connectivity index (χ4n) is 7.45. The Kier molecular flexibility index (Phi) is 6.85. The Hall–Kier alpha value is -6.78. The van der Waals surface area contributed by atoms with Gasteiger partial charge in [-0.2, -0.15) is 0 Å². The van der Waals surface area contributed by atoms with Crippen molar-refractivity contribution in [2.75, 3.05) is 0 Å². The summed E-state index contributed by atoms with van der Waals surface area (Å²) in [7, 11) is 0. The highest BCUT2D eigenvalue weighted by molar-refractivity contribution is 6.20. The third-order valence-corrected chi connectivity index (χ3v) is 9.90. The number of fused-ring (bicyclic) bond motifs is 5. The molecule has 51 heavy (non-hydrogen) atoms. The van der Waals surface area contributed by atoms with Crippen molar-refractivity contribution in [2.24, 2.45) is 9.98 Å². The van der Waals surface area contributed by atoms with Crippen molar-refractivity contribution in [1.82, 2.24) is 5.32 Å². The van der Waals surface area contributed by atoms with Crippen LogP contribution < -0.4 is 5.32 Å². The van der Waals surface area contributed by atoms with Crippen molar-refractivity contribution in [2.45, 2.75) is 6.17 Å². The summed E-state index contributed by atoms with van der Waals surface area (Å²) >= 11 is 0. The number of hydrogen-bond acceptors (Lipinski definition) is 4. The van der Waals surface area contributed by atoms with Gasteiger partial charge in [0.15, 0.2) is 5.84 Å². The molecule has 2 heterocycles. The minimum absolute atomic E-state index is 0.298. The van der Waals surface area contributed by atoms with Crippen molar-refractivity contribution in [3.8, 4) is 22.3 Å². The Morgan fingerprint density at radius 1 is 0.471 bits per heavy atom. The number of nitrogens with zero attached hydrogens (tertiary/aromatic N) is 2. The Balaban J connectivity index is 1.18. The molecule has 0 radical (unpaired) electrons. The minimum Gasteiger partial charge on any atom is -0.455 e. The molecule has 8 aromatic carbocycles. The van der Waals surface area contributed by atoms with E-state index in [9.17, 15) is 0 Å². The van der Waals surface area contributed by atoms with E-state index < -0.39 is 0 Å². The predicted octanol–water partition coefficient (Wildman–Crippen LogP) is 11.7. The van der Waals surface area contributed by atoms with Crippen LogP contribution in [0.15, 0.2) is 190 Å². The topological polar surface area (TPSA) is 49.9 Å². The molecule has 0 aliphatic carbocycles. The fraction of sp³-hybridized carbons (Fsp3) is 0.0213. The summed E-state index contributed by atoms with van der Waals surface area (Å²) in [6.45, 7) is 0. The first kappa shape index (κ1) is 29.2. The lowest BCUT2D eigenvalue weighted by Gasteiger charge is -2.24. The molecule has 4 nitrogen and oxygen atoms in total. The molecule has 1 atom stereocenters. The maximum Gasteiger partial charge on any atom is 0.159 e. The monoisotopic (exact) mass is 653 g/mol. The van der Waals surface area contributed by atoms with Crippen LogP contribution in [0.1, 0.15) is 22.9 Å². The molecule has 0 saturated heterocycles. The van der Waals surface area contributed by atoms with Gasteiger partial charge in [0.05, 0.1) is 0 Å². The number of aliphatic imine (C=N–C) groups is 2. The van der Waals surface area contributed by atoms with E-state index >= 15 is 0 Å². The molecule has 0 fully saturated rings. The van der Waals surface area contributed by atoms with Gasteiger partial charge >= 0.3 is 0 Å². The number of amidine groups is 2. The van der Waals surface area contributed by atoms with Gasteiger partial charge in [-0.3, -0.25) is 0 Å². The van der Waals surface area contributed by atoms with Crippen molar-refractivity contribution >= 4 is 55.2 Å². The molecule has 0 spiro atoms. The van der Waals surface area contributed by atoms with Crippen molar-refractivity contribution in [3.05, 3.63) is 193 Å². The normalized spacial score (nSPS) is 14.5. The second-order valence-electron chi connectivity index (χ2n) is 13.0. The largest absolute Gasteiger partial charge is 0.455 e. The molecule has 1 unspecified atom stereocenters. The van der Waals surface area contributed by atoms with Crippen molar-refractivity contribution in [3.63, 3.8) is 0 Å². The molecule has 1 aromatic heterocycles. The molecule has 10 rings (SSSR count). The predicted molar refractivity (Wildman–Crippen MR) is 211 cm³/mol. The number of benzene rings is 8. The summed E-state index contributed by atoms with van der Waals surface area (Å²) in [5.41, 5.74) is 9.25. The summed E-state index contributed by atoms with van der Waals surface area (Å²) in [6.07, 6.45) is -0.298. The summed E-state index contributed by atoms with van der Waals surface area (Å²) in [5.74, 6) is 1.49. The van der Waals surface area contributed by atoms with Gasteiger partial charge in [-0.25, -0.2) is 9.98 Å². The molecule has 0 amide bonds. The molecule has 1 aliphatic heterocycles. The lowest BCUT2D eigenvalue weighted by Crippen LogP contribution is -2.33. The third kappa shape index (κ3) is 5.08. The molecular weight excluding hydrogens is 623 g/mol. The van der Waals surface area contributed by atoms with Gasteiger partial charge < -0.3 is 9.73 Å². The van der Waals surface area contributed by atoms with E-state index in [0.717, 1.165) is 77.5 Å². The zero-order chi connectivity index (χ0) is 33.7. The standard InChI is InChI=1S/C47H31N3O/c1-3-14-31(15-4-1)38-21-11-23-40-43-39(22-12-24-42(43)51-44(38)40)41-29-36(28-34-19-9-10-20-37(34)41)47-49-45(32-16-5-2-6-17-32)48-46(50-47)35-26-25-30-13-7-8-18-33(30)27-35/h1-29,45H,(H,48,49,50). The maximum absolute atomic E-state index is 6.66. The van der Waals surface area contributed by atoms with Crippen LogP contribution >= 0.6 is 0 Å². The Labute approximate surface area is 295 Å². The van der Waals surface area contributed by atoms with Gasteiger partial charge in [-0.1, -0.05) is 152 Å². The van der Waals surface area contributed by atoms with Crippen LogP contribution in [0.25, 0.3) is 65.7 Å². The van der Waals surface area contributed by atoms with E-state index in [2.05, 4.69) is 169 Å². The van der Waals surface area contributed by atoms with Crippen LogP contribution in [0.2, 0.25) is 0 Å². The van der Waals surface area contributed by atoms with Gasteiger partial charge in [0.1, 0.15) is 23.2 Å². The fourth-order valence-corrected chi connectivity index (χ4v) is 7.45. The molecule has 1 aliphatic rings. The van der Waals surface area contributed by atoms with Crippen LogP contribution in [0.3, 0.4) is 0 Å². The van der Waals surface area contributed by atoms with Crippen LogP contribution in [-0.2, 0) is 0 Å².